The zero-order chi connectivity index (χ0) is 24.6. The summed E-state index contributed by atoms with van der Waals surface area (Å²) in [5.74, 6) is 0.674. The molecule has 0 radical (unpaired) electrons. The molecular formula is C22H16F3N7O3. The highest BCUT2D eigenvalue weighted by Crippen LogP contribution is 2.31. The van der Waals surface area contributed by atoms with Gasteiger partial charge in [-0.05, 0) is 29.8 Å². The molecule has 0 fully saturated rings. The first kappa shape index (κ1) is 22.3. The van der Waals surface area contributed by atoms with Gasteiger partial charge < -0.3 is 9.26 Å². The molecule has 0 saturated heterocycles. The Morgan fingerprint density at radius 3 is 2.71 bits per heavy atom. The topological polar surface area (TPSA) is 114 Å². The molecule has 0 saturated carbocycles. The van der Waals surface area contributed by atoms with Crippen LogP contribution >= 0.6 is 0 Å². The van der Waals surface area contributed by atoms with Crippen LogP contribution in [-0.4, -0.2) is 41.8 Å². The quantitative estimate of drug-likeness (QED) is 0.362. The van der Waals surface area contributed by atoms with Crippen molar-refractivity contribution in [3.63, 3.8) is 0 Å². The predicted molar refractivity (Wildman–Crippen MR) is 116 cm³/mol. The third kappa shape index (κ3) is 4.47. The minimum Gasteiger partial charge on any atom is -0.497 e. The van der Waals surface area contributed by atoms with Crippen LogP contribution < -0.4 is 10.3 Å². The van der Waals surface area contributed by atoms with Crippen molar-refractivity contribution in [1.82, 2.24) is 34.7 Å². The fourth-order valence-electron chi connectivity index (χ4n) is 3.47. The lowest BCUT2D eigenvalue weighted by atomic mass is 10.1. The van der Waals surface area contributed by atoms with Gasteiger partial charge in [-0.1, -0.05) is 34.6 Å². The van der Waals surface area contributed by atoms with Gasteiger partial charge in [0.2, 0.25) is 11.7 Å². The van der Waals surface area contributed by atoms with E-state index in [-0.39, 0.29) is 29.3 Å². The molecule has 0 N–H and O–H groups in total. The van der Waals surface area contributed by atoms with E-state index in [9.17, 15) is 18.0 Å². The lowest BCUT2D eigenvalue weighted by molar-refractivity contribution is -0.137. The fraction of sp³-hybridized carbons (Fsp3) is 0.182. The van der Waals surface area contributed by atoms with Crippen molar-refractivity contribution >= 4 is 11.2 Å². The largest absolute Gasteiger partial charge is 0.497 e. The highest BCUT2D eigenvalue weighted by atomic mass is 19.4. The van der Waals surface area contributed by atoms with Gasteiger partial charge in [0.05, 0.1) is 19.2 Å². The molecule has 13 heteroatoms. The van der Waals surface area contributed by atoms with Crippen LogP contribution in [0.25, 0.3) is 22.6 Å². The molecule has 0 aliphatic rings. The number of rotatable bonds is 6. The van der Waals surface area contributed by atoms with Crippen LogP contribution in [0.1, 0.15) is 17.0 Å². The van der Waals surface area contributed by atoms with Crippen molar-refractivity contribution < 1.29 is 22.4 Å². The lowest BCUT2D eigenvalue weighted by Gasteiger charge is -2.06. The van der Waals surface area contributed by atoms with Gasteiger partial charge in [-0.25, -0.2) is 9.67 Å². The summed E-state index contributed by atoms with van der Waals surface area (Å²) in [7, 11) is 1.57. The van der Waals surface area contributed by atoms with Crippen molar-refractivity contribution in [2.75, 3.05) is 7.11 Å². The number of hydrogen-bond acceptors (Lipinski definition) is 8. The Hall–Kier alpha value is -4.55. The first-order valence-corrected chi connectivity index (χ1v) is 10.2. The van der Waals surface area contributed by atoms with Crippen LogP contribution in [0.15, 0.2) is 64.2 Å². The molecule has 0 amide bonds. The van der Waals surface area contributed by atoms with Crippen LogP contribution in [0.2, 0.25) is 0 Å². The molecule has 35 heavy (non-hydrogen) atoms. The molecule has 3 aromatic heterocycles. The minimum absolute atomic E-state index is 0.0180. The maximum Gasteiger partial charge on any atom is 0.416 e. The Labute approximate surface area is 194 Å². The molecular weight excluding hydrogens is 467 g/mol. The van der Waals surface area contributed by atoms with Gasteiger partial charge in [0, 0.05) is 5.56 Å². The van der Waals surface area contributed by atoms with Crippen LogP contribution in [0.5, 0.6) is 5.75 Å². The van der Waals surface area contributed by atoms with E-state index < -0.39 is 17.3 Å². The summed E-state index contributed by atoms with van der Waals surface area (Å²) in [6.07, 6.45) is -3.20. The molecule has 0 bridgehead atoms. The number of hydrogen-bond donors (Lipinski definition) is 0. The highest BCUT2D eigenvalue weighted by Gasteiger charge is 2.30. The molecule has 2 aromatic carbocycles. The van der Waals surface area contributed by atoms with E-state index in [0.29, 0.717) is 17.9 Å². The summed E-state index contributed by atoms with van der Waals surface area (Å²) in [5, 5.41) is 11.7. The molecule has 0 aliphatic heterocycles. The Kier molecular flexibility index (Phi) is 5.51. The van der Waals surface area contributed by atoms with E-state index in [1.807, 2.05) is 24.3 Å². The van der Waals surface area contributed by atoms with E-state index in [0.717, 1.165) is 17.7 Å². The normalized spacial score (nSPS) is 11.8. The number of methoxy groups -OCH3 is 1. The Balaban J connectivity index is 1.39. The van der Waals surface area contributed by atoms with E-state index >= 15 is 0 Å². The Morgan fingerprint density at radius 2 is 1.91 bits per heavy atom. The molecule has 178 valence electrons. The van der Waals surface area contributed by atoms with Gasteiger partial charge in [-0.3, -0.25) is 9.36 Å². The van der Waals surface area contributed by atoms with E-state index in [4.69, 9.17) is 9.26 Å². The number of nitrogens with zero attached hydrogens (tertiary/aromatic N) is 7. The molecule has 3 heterocycles. The number of fused-ring (bicyclic) bond motifs is 1. The zero-order valence-electron chi connectivity index (χ0n) is 18.1. The second kappa shape index (κ2) is 8.66. The number of ether oxygens (including phenoxy) is 1. The molecule has 5 rings (SSSR count). The number of benzene rings is 2. The Bertz CT molecular complexity index is 1570. The predicted octanol–water partition coefficient (Wildman–Crippen LogP) is 3.16. The van der Waals surface area contributed by atoms with Crippen molar-refractivity contribution in [2.24, 2.45) is 0 Å². The van der Waals surface area contributed by atoms with Crippen LogP contribution in [0, 0.1) is 0 Å². The monoisotopic (exact) mass is 483 g/mol. The standard InChI is InChI=1S/C22H16F3N7O3/c1-34-16-7-2-4-13(8-16)10-32-20-18(28-30-32)21(33)31(12-26-20)11-17-27-19(29-35-17)14-5-3-6-15(9-14)22(23,24)25/h2-9,12H,10-11H2,1H3. The van der Waals surface area contributed by atoms with Gasteiger partial charge in [0.15, 0.2) is 11.2 Å². The summed E-state index contributed by atoms with van der Waals surface area (Å²) < 4.78 is 52.0. The van der Waals surface area contributed by atoms with Crippen LogP contribution in [-0.2, 0) is 19.3 Å². The second-order valence-electron chi connectivity index (χ2n) is 7.54. The minimum atomic E-state index is -4.50. The first-order chi connectivity index (χ1) is 16.8. The van der Waals surface area contributed by atoms with E-state index in [1.54, 1.807) is 7.11 Å². The number of halogens is 3. The third-order valence-corrected chi connectivity index (χ3v) is 5.18. The van der Waals surface area contributed by atoms with Gasteiger partial charge in [-0.15, -0.1) is 5.10 Å². The van der Waals surface area contributed by atoms with Gasteiger partial charge in [0.25, 0.3) is 5.56 Å². The SMILES string of the molecule is COc1cccc(Cn2nnc3c(=O)n(Cc4nc(-c5cccc(C(F)(F)F)c5)no4)cnc32)c1. The summed E-state index contributed by atoms with van der Waals surface area (Å²) in [6.45, 7) is 0.185. The smallest absolute Gasteiger partial charge is 0.416 e. The lowest BCUT2D eigenvalue weighted by Crippen LogP contribution is -2.21. The number of alkyl halides is 3. The van der Waals surface area contributed by atoms with Crippen LogP contribution in [0.4, 0.5) is 13.2 Å². The summed E-state index contributed by atoms with van der Waals surface area (Å²) in [4.78, 5) is 21.3. The summed E-state index contributed by atoms with van der Waals surface area (Å²) in [5.41, 5.74) is 0.0542. The van der Waals surface area contributed by atoms with Gasteiger partial charge in [-0.2, -0.15) is 18.2 Å². The summed E-state index contributed by atoms with van der Waals surface area (Å²) >= 11 is 0. The molecule has 0 spiro atoms. The van der Waals surface area contributed by atoms with E-state index in [2.05, 4.69) is 25.4 Å². The van der Waals surface area contributed by atoms with Crippen molar-refractivity contribution in [2.45, 2.75) is 19.3 Å². The van der Waals surface area contributed by atoms with E-state index in [1.165, 1.54) is 27.7 Å². The van der Waals surface area contributed by atoms with Gasteiger partial charge in [0.1, 0.15) is 18.6 Å². The average Bonchev–Trinajstić information content (AvgIpc) is 3.48. The van der Waals surface area contributed by atoms with Crippen molar-refractivity contribution in [3.05, 3.63) is 82.2 Å². The maximum atomic E-state index is 13.0. The number of aromatic nitrogens is 7. The van der Waals surface area contributed by atoms with Crippen molar-refractivity contribution in [1.29, 1.82) is 0 Å². The molecule has 0 atom stereocenters. The average molecular weight is 483 g/mol. The summed E-state index contributed by atoms with van der Waals surface area (Å²) in [6, 6.07) is 11.9. The second-order valence-corrected chi connectivity index (χ2v) is 7.54. The zero-order valence-corrected chi connectivity index (χ0v) is 18.1. The fourth-order valence-corrected chi connectivity index (χ4v) is 3.47. The maximum absolute atomic E-state index is 13.0. The first-order valence-electron chi connectivity index (χ1n) is 10.2. The molecule has 10 nitrogen and oxygen atoms in total. The van der Waals surface area contributed by atoms with Crippen LogP contribution in [0.3, 0.4) is 0 Å². The third-order valence-electron chi connectivity index (χ3n) is 5.18. The van der Waals surface area contributed by atoms with Gasteiger partial charge >= 0.3 is 6.18 Å². The highest BCUT2D eigenvalue weighted by molar-refractivity contribution is 5.67. The molecule has 5 aromatic rings. The molecule has 0 aliphatic carbocycles. The molecule has 0 unspecified atom stereocenters. The van der Waals surface area contributed by atoms with Crippen molar-refractivity contribution in [3.8, 4) is 17.1 Å². The Morgan fingerprint density at radius 1 is 1.09 bits per heavy atom.